The van der Waals surface area contributed by atoms with Gasteiger partial charge >= 0.3 is 0 Å². The maximum Gasteiger partial charge on any atom is 0.247 e. The fourth-order valence-electron chi connectivity index (χ4n) is 3.75. The van der Waals surface area contributed by atoms with E-state index in [1.165, 1.54) is 4.31 Å². The van der Waals surface area contributed by atoms with E-state index in [1.54, 1.807) is 43.3 Å². The van der Waals surface area contributed by atoms with E-state index >= 15 is 0 Å². The summed E-state index contributed by atoms with van der Waals surface area (Å²) in [5.41, 5.74) is 2.10. The Morgan fingerprint density at radius 1 is 1.26 bits per heavy atom. The van der Waals surface area contributed by atoms with Gasteiger partial charge in [0.15, 0.2) is 0 Å². The average molecular weight is 444 g/mol. The number of nitriles is 1. The van der Waals surface area contributed by atoms with Crippen molar-refractivity contribution in [2.45, 2.75) is 30.9 Å². The first-order valence-electron chi connectivity index (χ1n) is 10.3. The van der Waals surface area contributed by atoms with E-state index < -0.39 is 16.1 Å². The minimum Gasteiger partial charge on any atom is -0.487 e. The number of sulfonamides is 1. The van der Waals surface area contributed by atoms with E-state index in [0.29, 0.717) is 12.1 Å². The molecule has 0 saturated heterocycles. The van der Waals surface area contributed by atoms with E-state index in [4.69, 9.17) is 4.74 Å². The molecule has 3 atom stereocenters. The van der Waals surface area contributed by atoms with Gasteiger partial charge in [-0.05, 0) is 56.4 Å². The van der Waals surface area contributed by atoms with Crippen molar-refractivity contribution in [1.82, 2.24) is 9.21 Å². The standard InChI is InChI=1S/C23H29N3O4S/c1-16-13-26(17(2)15-27)31(28,29)23-9-8-20(19-7-5-6-18(10-19)12-24)11-21(23)30-22(16)14-25(3)4/h5-11,16-17,22,27H,13-15H2,1-4H3/t16-,17-,22+/m1/s1. The zero-order valence-corrected chi connectivity index (χ0v) is 19.1. The van der Waals surface area contributed by atoms with Crippen molar-refractivity contribution in [2.75, 3.05) is 33.8 Å². The van der Waals surface area contributed by atoms with Crippen LogP contribution in [0.4, 0.5) is 0 Å². The van der Waals surface area contributed by atoms with Crippen molar-refractivity contribution in [3.8, 4) is 22.9 Å². The molecule has 0 fully saturated rings. The number of ether oxygens (including phenoxy) is 1. The predicted octanol–water partition coefficient (Wildman–Crippen LogP) is 2.56. The Kier molecular flexibility index (Phi) is 7.02. The summed E-state index contributed by atoms with van der Waals surface area (Å²) < 4.78 is 34.6. The molecular weight excluding hydrogens is 414 g/mol. The maximum absolute atomic E-state index is 13.5. The van der Waals surface area contributed by atoms with Crippen LogP contribution in [-0.2, 0) is 10.0 Å². The van der Waals surface area contributed by atoms with Crippen LogP contribution in [0.5, 0.6) is 5.75 Å². The van der Waals surface area contributed by atoms with Crippen LogP contribution in [0.25, 0.3) is 11.1 Å². The molecule has 0 bridgehead atoms. The quantitative estimate of drug-likeness (QED) is 0.763. The zero-order valence-electron chi connectivity index (χ0n) is 18.3. The van der Waals surface area contributed by atoms with Crippen molar-refractivity contribution in [3.63, 3.8) is 0 Å². The smallest absolute Gasteiger partial charge is 0.247 e. The Morgan fingerprint density at radius 2 is 1.97 bits per heavy atom. The molecule has 0 saturated carbocycles. The second-order valence-corrected chi connectivity index (χ2v) is 10.2. The third kappa shape index (κ3) is 4.91. The summed E-state index contributed by atoms with van der Waals surface area (Å²) in [6.07, 6.45) is -0.238. The molecule has 2 aromatic rings. The highest BCUT2D eigenvalue weighted by Crippen LogP contribution is 2.36. The highest BCUT2D eigenvalue weighted by molar-refractivity contribution is 7.89. The fraction of sp³-hybridized carbons (Fsp3) is 0.435. The minimum atomic E-state index is -3.87. The normalized spacial score (nSPS) is 22.0. The SMILES string of the molecule is C[C@@H]1CN([C@H](C)CO)S(=O)(=O)c2ccc(-c3cccc(C#N)c3)cc2O[C@H]1CN(C)C. The van der Waals surface area contributed by atoms with Gasteiger partial charge in [-0.2, -0.15) is 9.57 Å². The molecule has 1 aliphatic heterocycles. The molecular formula is C23H29N3O4S. The van der Waals surface area contributed by atoms with Crippen LogP contribution in [0.2, 0.25) is 0 Å². The van der Waals surface area contributed by atoms with Crippen molar-refractivity contribution in [3.05, 3.63) is 48.0 Å². The van der Waals surface area contributed by atoms with Crippen LogP contribution in [0.1, 0.15) is 19.4 Å². The van der Waals surface area contributed by atoms with Crippen LogP contribution in [-0.4, -0.2) is 68.7 Å². The van der Waals surface area contributed by atoms with Gasteiger partial charge in [0.05, 0.1) is 18.2 Å². The van der Waals surface area contributed by atoms with Gasteiger partial charge in [0, 0.05) is 25.0 Å². The van der Waals surface area contributed by atoms with Crippen molar-refractivity contribution < 1.29 is 18.3 Å². The molecule has 31 heavy (non-hydrogen) atoms. The molecule has 1 N–H and O–H groups in total. The van der Waals surface area contributed by atoms with E-state index in [9.17, 15) is 18.8 Å². The minimum absolute atomic E-state index is 0.0867. The Morgan fingerprint density at radius 3 is 2.61 bits per heavy atom. The lowest BCUT2D eigenvalue weighted by Crippen LogP contribution is -2.49. The van der Waals surface area contributed by atoms with Crippen LogP contribution in [0.3, 0.4) is 0 Å². The van der Waals surface area contributed by atoms with Crippen molar-refractivity contribution >= 4 is 10.0 Å². The second-order valence-electron chi connectivity index (χ2n) is 8.36. The summed E-state index contributed by atoms with van der Waals surface area (Å²) in [4.78, 5) is 2.10. The van der Waals surface area contributed by atoms with Crippen LogP contribution in [0.15, 0.2) is 47.4 Å². The lowest BCUT2D eigenvalue weighted by Gasteiger charge is -2.37. The summed E-state index contributed by atoms with van der Waals surface area (Å²) in [6.45, 7) is 4.28. The molecule has 166 valence electrons. The summed E-state index contributed by atoms with van der Waals surface area (Å²) in [5, 5.41) is 18.9. The predicted molar refractivity (Wildman–Crippen MR) is 119 cm³/mol. The Bertz CT molecular complexity index is 1080. The summed E-state index contributed by atoms with van der Waals surface area (Å²) in [7, 11) is 0.0295. The Hall–Kier alpha value is -2.44. The van der Waals surface area contributed by atoms with Gasteiger partial charge in [-0.3, -0.25) is 0 Å². The molecule has 0 spiro atoms. The molecule has 3 rings (SSSR count). The third-order valence-electron chi connectivity index (χ3n) is 5.54. The first-order chi connectivity index (χ1) is 14.7. The van der Waals surface area contributed by atoms with E-state index in [2.05, 4.69) is 6.07 Å². The highest BCUT2D eigenvalue weighted by Gasteiger charge is 2.37. The average Bonchev–Trinajstić information content (AvgIpc) is 2.75. The molecule has 1 aliphatic rings. The molecule has 0 amide bonds. The Labute approximate surface area is 184 Å². The van der Waals surface area contributed by atoms with Gasteiger partial charge < -0.3 is 14.7 Å². The van der Waals surface area contributed by atoms with Gasteiger partial charge in [0.25, 0.3) is 0 Å². The first kappa shape index (κ1) is 23.2. The molecule has 0 aromatic heterocycles. The molecule has 2 aromatic carbocycles. The number of benzene rings is 2. The second kappa shape index (κ2) is 9.37. The molecule has 7 nitrogen and oxygen atoms in total. The van der Waals surface area contributed by atoms with Gasteiger partial charge in [-0.25, -0.2) is 8.42 Å². The highest BCUT2D eigenvalue weighted by atomic mass is 32.2. The number of aliphatic hydroxyl groups excluding tert-OH is 1. The number of aliphatic hydroxyl groups is 1. The van der Waals surface area contributed by atoms with Gasteiger partial charge in [-0.15, -0.1) is 0 Å². The number of likely N-dealkylation sites (N-methyl/N-ethyl adjacent to an activating group) is 1. The van der Waals surface area contributed by atoms with Gasteiger partial charge in [0.1, 0.15) is 16.7 Å². The van der Waals surface area contributed by atoms with Crippen LogP contribution >= 0.6 is 0 Å². The van der Waals surface area contributed by atoms with Crippen LogP contribution in [0, 0.1) is 17.2 Å². The van der Waals surface area contributed by atoms with Gasteiger partial charge in [0.2, 0.25) is 10.0 Å². The molecule has 0 unspecified atom stereocenters. The zero-order chi connectivity index (χ0) is 22.8. The van der Waals surface area contributed by atoms with Crippen LogP contribution < -0.4 is 4.74 Å². The first-order valence-corrected chi connectivity index (χ1v) is 11.7. The summed E-state index contributed by atoms with van der Waals surface area (Å²) >= 11 is 0. The number of rotatable bonds is 5. The molecule has 0 radical (unpaired) electrons. The third-order valence-corrected chi connectivity index (χ3v) is 7.56. The number of nitrogens with zero attached hydrogens (tertiary/aromatic N) is 3. The Balaban J connectivity index is 2.16. The fourth-order valence-corrected chi connectivity index (χ4v) is 5.58. The molecule has 0 aliphatic carbocycles. The monoisotopic (exact) mass is 443 g/mol. The maximum atomic E-state index is 13.5. The molecule has 1 heterocycles. The largest absolute Gasteiger partial charge is 0.487 e. The van der Waals surface area contributed by atoms with Gasteiger partial charge in [-0.1, -0.05) is 25.1 Å². The van der Waals surface area contributed by atoms with Crippen molar-refractivity contribution in [1.29, 1.82) is 5.26 Å². The van der Waals surface area contributed by atoms with E-state index in [0.717, 1.165) is 11.1 Å². The lowest BCUT2D eigenvalue weighted by molar-refractivity contribution is 0.0813. The summed E-state index contributed by atoms with van der Waals surface area (Å²) in [5.74, 6) is 0.193. The molecule has 8 heteroatoms. The number of fused-ring (bicyclic) bond motifs is 1. The van der Waals surface area contributed by atoms with E-state index in [1.807, 2.05) is 32.0 Å². The van der Waals surface area contributed by atoms with E-state index in [-0.39, 0.29) is 35.8 Å². The lowest BCUT2D eigenvalue weighted by atomic mass is 10.0. The topological polar surface area (TPSA) is 93.9 Å². The van der Waals surface area contributed by atoms with Crippen molar-refractivity contribution in [2.24, 2.45) is 5.92 Å². The summed E-state index contributed by atoms with van der Waals surface area (Å²) in [6, 6.07) is 13.7. The number of hydrogen-bond acceptors (Lipinski definition) is 6. The number of hydrogen-bond donors (Lipinski definition) is 1.